The molecule has 0 fully saturated rings. The van der Waals surface area contributed by atoms with Gasteiger partial charge in [-0.2, -0.15) is 14.7 Å². The van der Waals surface area contributed by atoms with Crippen LogP contribution >= 0.6 is 7.94 Å². The van der Waals surface area contributed by atoms with E-state index in [0.29, 0.717) is 0 Å². The summed E-state index contributed by atoms with van der Waals surface area (Å²) in [5.41, 5.74) is 0. The Morgan fingerprint density at radius 2 is 1.33 bits per heavy atom. The van der Waals surface area contributed by atoms with E-state index in [1.807, 2.05) is 0 Å². The van der Waals surface area contributed by atoms with E-state index in [4.69, 9.17) is 14.7 Å². The van der Waals surface area contributed by atoms with Crippen LogP contribution in [0.15, 0.2) is 0 Å². The molecule has 0 bridgehead atoms. The van der Waals surface area contributed by atoms with Gasteiger partial charge in [-0.1, -0.05) is 0 Å². The summed E-state index contributed by atoms with van der Waals surface area (Å²) in [6.45, 7) is 0.965. The first kappa shape index (κ1) is 10.1. The molecule has 0 heterocycles. The Labute approximate surface area is 55.7 Å². The van der Waals surface area contributed by atoms with Gasteiger partial charge in [-0.15, -0.1) is 0 Å². The molecule has 0 saturated carbocycles. The summed E-state index contributed by atoms with van der Waals surface area (Å²) in [5, 5.41) is 0. The zero-order valence-corrected chi connectivity index (χ0v) is 5.80. The smallest absolute Gasteiger partial charge is 1.00 e. The molecule has 0 saturated heterocycles. The third kappa shape index (κ3) is 72.8. The van der Waals surface area contributed by atoms with Crippen molar-refractivity contribution in [3.05, 3.63) is 0 Å². The van der Waals surface area contributed by atoms with Crippen LogP contribution < -0.4 is 0 Å². The first-order chi connectivity index (χ1) is 2.00. The first-order valence-electron chi connectivity index (χ1n) is 1.05. The van der Waals surface area contributed by atoms with Crippen molar-refractivity contribution in [3.8, 4) is 0 Å². The van der Waals surface area contributed by atoms with Gasteiger partial charge in [-0.25, -0.2) is 0 Å². The van der Waals surface area contributed by atoms with E-state index in [1.54, 1.807) is 0 Å². The van der Waals surface area contributed by atoms with Gasteiger partial charge in [0.05, 0.1) is 0 Å². The van der Waals surface area contributed by atoms with Crippen LogP contribution in [-0.2, 0) is 0 Å². The van der Waals surface area contributed by atoms with Gasteiger partial charge in [0.2, 0.25) is 0 Å². The molecule has 0 aromatic carbocycles. The second kappa shape index (κ2) is 3.13. The molecule has 0 spiro atoms. The number of hydrogen-bond donors (Lipinski definition) is 3. The predicted molar refractivity (Wildman–Crippen MR) is 27.5 cm³/mol. The van der Waals surface area contributed by atoms with E-state index >= 15 is 0 Å². The molecule has 0 unspecified atom stereocenters. The Bertz CT molecular complexity index is 32.8. The molecule has 6 heavy (non-hydrogen) atoms. The van der Waals surface area contributed by atoms with Gasteiger partial charge in [0.15, 0.2) is 0 Å². The Morgan fingerprint density at radius 3 is 1.33 bits per heavy atom. The monoisotopic (exact) mass is 123 g/mol. The summed E-state index contributed by atoms with van der Waals surface area (Å²) < 4.78 is 0. The molecule has 5 heteroatoms. The van der Waals surface area contributed by atoms with Crippen LogP contribution in [0.2, 0.25) is 0 Å². The van der Waals surface area contributed by atoms with Crippen LogP contribution in [0.4, 0.5) is 0 Å². The zero-order valence-electron chi connectivity index (χ0n) is 5.50. The second-order valence-corrected chi connectivity index (χ2v) is 2.60. The molecule has 0 aromatic rings. The number of hydrogen-bond acceptors (Lipinski definition) is 3. The predicted octanol–water partition coefficient (Wildman–Crippen LogP) is -0.800. The standard InChI is InChI=1S/CH6O3P.Mg.2H/c1-5(2,3)4;;;/h2-4H,1H3;;;/q+1;+2;2*-1. The molecule has 0 rings (SSSR count). The minimum Gasteiger partial charge on any atom is -1.00 e. The number of rotatable bonds is 0. The minimum absolute atomic E-state index is 0. The first-order valence-corrected chi connectivity index (χ1v) is 3.14. The molecule has 0 aliphatic heterocycles. The van der Waals surface area contributed by atoms with Gasteiger partial charge in [0.1, 0.15) is 6.66 Å². The third-order valence-corrected chi connectivity index (χ3v) is 0. The Balaban J connectivity index is -0.0000000267. The van der Waals surface area contributed by atoms with Gasteiger partial charge in [-0.3, -0.25) is 0 Å². The largest absolute Gasteiger partial charge is 2.00 e. The molecule has 0 amide bonds. The molecule has 0 atom stereocenters. The fraction of sp³-hybridized carbons (Fsp3) is 1.00. The van der Waals surface area contributed by atoms with Crippen molar-refractivity contribution in [3.63, 3.8) is 0 Å². The normalized spacial score (nSPS) is 10.0. The maximum atomic E-state index is 7.74. The van der Waals surface area contributed by atoms with Crippen molar-refractivity contribution in [1.82, 2.24) is 0 Å². The van der Waals surface area contributed by atoms with Gasteiger partial charge in [0, 0.05) is 0 Å². The molecule has 0 aliphatic carbocycles. The molecule has 3 nitrogen and oxygen atoms in total. The van der Waals surface area contributed by atoms with E-state index < -0.39 is 7.94 Å². The average Bonchev–Trinajstić information content (AvgIpc) is 0.722. The quantitative estimate of drug-likeness (QED) is 0.292. The molecule has 0 radical (unpaired) electrons. The van der Waals surface area contributed by atoms with Crippen molar-refractivity contribution in [1.29, 1.82) is 0 Å². The summed E-state index contributed by atoms with van der Waals surface area (Å²) in [7, 11) is -3.39. The molecular formula is CH8MgO3P+. The Morgan fingerprint density at radius 1 is 1.33 bits per heavy atom. The molecular weight excluding hydrogens is 115 g/mol. The van der Waals surface area contributed by atoms with Crippen LogP contribution in [0, 0.1) is 0 Å². The summed E-state index contributed by atoms with van der Waals surface area (Å²) >= 11 is 0. The van der Waals surface area contributed by atoms with E-state index in [9.17, 15) is 0 Å². The van der Waals surface area contributed by atoms with Crippen molar-refractivity contribution < 1.29 is 17.5 Å². The second-order valence-electron chi connectivity index (χ2n) is 0.868. The van der Waals surface area contributed by atoms with Crippen LogP contribution in [0.1, 0.15) is 2.85 Å². The van der Waals surface area contributed by atoms with Crippen LogP contribution in [0.5, 0.6) is 0 Å². The molecule has 0 aromatic heterocycles. The summed E-state index contributed by atoms with van der Waals surface area (Å²) in [4.78, 5) is 23.2. The van der Waals surface area contributed by atoms with Gasteiger partial charge < -0.3 is 2.85 Å². The average molecular weight is 123 g/mol. The molecule has 0 aliphatic rings. The van der Waals surface area contributed by atoms with Crippen molar-refractivity contribution in [2.24, 2.45) is 0 Å². The van der Waals surface area contributed by atoms with Crippen molar-refractivity contribution in [2.75, 3.05) is 6.66 Å². The van der Waals surface area contributed by atoms with Crippen LogP contribution in [0.3, 0.4) is 0 Å². The summed E-state index contributed by atoms with van der Waals surface area (Å²) in [6.07, 6.45) is 0. The van der Waals surface area contributed by atoms with Gasteiger partial charge >= 0.3 is 31.0 Å². The van der Waals surface area contributed by atoms with Crippen molar-refractivity contribution >= 4 is 31.0 Å². The molecule has 36 valence electrons. The van der Waals surface area contributed by atoms with Crippen molar-refractivity contribution in [2.45, 2.75) is 0 Å². The van der Waals surface area contributed by atoms with E-state index in [2.05, 4.69) is 0 Å². The van der Waals surface area contributed by atoms with Crippen LogP contribution in [-0.4, -0.2) is 44.4 Å². The summed E-state index contributed by atoms with van der Waals surface area (Å²) in [5.74, 6) is 0. The maximum absolute atomic E-state index is 7.74. The fourth-order valence-electron chi connectivity index (χ4n) is 0. The maximum Gasteiger partial charge on any atom is 2.00 e. The SMILES string of the molecule is C[P+](O)(O)O.[H-].[H-].[Mg+2]. The summed E-state index contributed by atoms with van der Waals surface area (Å²) in [6, 6.07) is 0. The van der Waals surface area contributed by atoms with E-state index in [0.717, 1.165) is 6.66 Å². The Kier molecular flexibility index (Phi) is 5.28. The Hall–Kier alpha value is 1.08. The third-order valence-electron chi connectivity index (χ3n) is 0. The zero-order chi connectivity index (χ0) is 4.50. The topological polar surface area (TPSA) is 60.7 Å². The van der Waals surface area contributed by atoms with Gasteiger partial charge in [-0.05, 0) is 0 Å². The van der Waals surface area contributed by atoms with E-state index in [-0.39, 0.29) is 25.9 Å². The van der Waals surface area contributed by atoms with E-state index in [1.165, 1.54) is 0 Å². The molecule has 3 N–H and O–H groups in total. The fourth-order valence-corrected chi connectivity index (χ4v) is 0. The van der Waals surface area contributed by atoms with Crippen LogP contribution in [0.25, 0.3) is 0 Å². The minimum atomic E-state index is -3.39. The van der Waals surface area contributed by atoms with Gasteiger partial charge in [0.25, 0.3) is 0 Å².